The van der Waals surface area contributed by atoms with Crippen LogP contribution in [0, 0.1) is 5.82 Å². The van der Waals surface area contributed by atoms with Gasteiger partial charge < -0.3 is 10.6 Å². The topological polar surface area (TPSA) is 46.3 Å². The molecule has 0 saturated heterocycles. The second-order valence-corrected chi connectivity index (χ2v) is 5.78. The van der Waals surface area contributed by atoms with Crippen LogP contribution in [0.5, 0.6) is 0 Å². The molecule has 0 saturated carbocycles. The van der Waals surface area contributed by atoms with Crippen LogP contribution in [-0.2, 0) is 0 Å². The Morgan fingerprint density at radius 1 is 1.53 bits per heavy atom. The molecule has 0 spiro atoms. The molecule has 0 atom stereocenters. The van der Waals surface area contributed by atoms with E-state index in [2.05, 4.69) is 15.9 Å². The summed E-state index contributed by atoms with van der Waals surface area (Å²) in [5.41, 5.74) is 5.49. The molecule has 1 aromatic carbocycles. The molecule has 19 heavy (non-hydrogen) atoms. The maximum Gasteiger partial charge on any atom is 0.258 e. The number of nitrogens with zero attached hydrogens (tertiary/aromatic N) is 1. The zero-order valence-corrected chi connectivity index (χ0v) is 13.2. The quantitative estimate of drug-likeness (QED) is 0.833. The number of hydrogen-bond donors (Lipinski definition) is 1. The standard InChI is InChI=1S/C13H16BrFN2OS/c1-8(2)17(7-6-11(16)19)13(18)12-9(14)4-3-5-10(12)15/h3-5,8H,6-7H2,1-2H3,(H2,16,19). The lowest BCUT2D eigenvalue weighted by atomic mass is 10.1. The van der Waals surface area contributed by atoms with Crippen molar-refractivity contribution in [2.45, 2.75) is 26.3 Å². The predicted octanol–water partition coefficient (Wildman–Crippen LogP) is 3.12. The van der Waals surface area contributed by atoms with E-state index in [1.54, 1.807) is 17.0 Å². The Hall–Kier alpha value is -1.01. The second kappa shape index (κ2) is 6.96. The van der Waals surface area contributed by atoms with Gasteiger partial charge in [-0.25, -0.2) is 4.39 Å². The fourth-order valence-electron chi connectivity index (χ4n) is 1.67. The maximum absolute atomic E-state index is 13.8. The Morgan fingerprint density at radius 2 is 2.16 bits per heavy atom. The molecule has 0 radical (unpaired) electrons. The fourth-order valence-corrected chi connectivity index (χ4v) is 2.27. The summed E-state index contributed by atoms with van der Waals surface area (Å²) in [5.74, 6) is -0.906. The molecule has 1 amide bonds. The van der Waals surface area contributed by atoms with E-state index in [0.29, 0.717) is 22.4 Å². The Kier molecular flexibility index (Phi) is 5.87. The van der Waals surface area contributed by atoms with Gasteiger partial charge in [-0.05, 0) is 41.9 Å². The largest absolute Gasteiger partial charge is 0.393 e. The molecular weight excluding hydrogens is 331 g/mol. The summed E-state index contributed by atoms with van der Waals surface area (Å²) >= 11 is 8.02. The number of rotatable bonds is 5. The van der Waals surface area contributed by atoms with Gasteiger partial charge in [0.15, 0.2) is 0 Å². The van der Waals surface area contributed by atoms with Crippen LogP contribution in [-0.4, -0.2) is 28.4 Å². The number of nitrogens with two attached hydrogens (primary N) is 1. The highest BCUT2D eigenvalue weighted by atomic mass is 79.9. The van der Waals surface area contributed by atoms with Crippen LogP contribution >= 0.6 is 28.1 Å². The molecule has 0 unspecified atom stereocenters. The monoisotopic (exact) mass is 346 g/mol. The van der Waals surface area contributed by atoms with E-state index in [0.717, 1.165) is 0 Å². The highest BCUT2D eigenvalue weighted by Crippen LogP contribution is 2.22. The summed E-state index contributed by atoms with van der Waals surface area (Å²) < 4.78 is 14.2. The van der Waals surface area contributed by atoms with Crippen molar-refractivity contribution in [3.05, 3.63) is 34.1 Å². The van der Waals surface area contributed by atoms with E-state index < -0.39 is 5.82 Å². The summed E-state index contributed by atoms with van der Waals surface area (Å²) in [6, 6.07) is 4.39. The molecule has 0 fully saturated rings. The number of carbonyl (C=O) groups is 1. The molecule has 0 bridgehead atoms. The molecular formula is C13H16BrFN2OS. The number of benzene rings is 1. The summed E-state index contributed by atoms with van der Waals surface area (Å²) in [6.45, 7) is 4.12. The van der Waals surface area contributed by atoms with Gasteiger partial charge in [-0.3, -0.25) is 4.79 Å². The fraction of sp³-hybridized carbons (Fsp3) is 0.385. The van der Waals surface area contributed by atoms with E-state index in [1.165, 1.54) is 6.07 Å². The van der Waals surface area contributed by atoms with Gasteiger partial charge in [-0.15, -0.1) is 0 Å². The minimum atomic E-state index is -0.541. The lowest BCUT2D eigenvalue weighted by molar-refractivity contribution is 0.0706. The van der Waals surface area contributed by atoms with Crippen molar-refractivity contribution in [1.29, 1.82) is 0 Å². The van der Waals surface area contributed by atoms with Crippen LogP contribution in [0.2, 0.25) is 0 Å². The number of halogens is 2. The summed E-state index contributed by atoms with van der Waals surface area (Å²) in [5, 5.41) is 0. The van der Waals surface area contributed by atoms with Gasteiger partial charge in [0, 0.05) is 23.5 Å². The van der Waals surface area contributed by atoms with Crippen molar-refractivity contribution in [3.63, 3.8) is 0 Å². The van der Waals surface area contributed by atoms with E-state index in [1.807, 2.05) is 13.8 Å². The molecule has 1 aromatic rings. The summed E-state index contributed by atoms with van der Waals surface area (Å²) in [6.07, 6.45) is 0.422. The first-order valence-corrected chi connectivity index (χ1v) is 7.08. The molecule has 0 aliphatic rings. The first kappa shape index (κ1) is 16.0. The SMILES string of the molecule is CC(C)N(CCC(N)=S)C(=O)c1c(F)cccc1Br. The lowest BCUT2D eigenvalue weighted by Crippen LogP contribution is -2.39. The van der Waals surface area contributed by atoms with Crippen LogP contribution in [0.1, 0.15) is 30.6 Å². The minimum absolute atomic E-state index is 0.0409. The van der Waals surface area contributed by atoms with Crippen molar-refractivity contribution in [3.8, 4) is 0 Å². The first-order chi connectivity index (χ1) is 8.84. The molecule has 104 valence electrons. The molecule has 0 aliphatic carbocycles. The van der Waals surface area contributed by atoms with Gasteiger partial charge in [0.1, 0.15) is 5.82 Å². The molecule has 3 nitrogen and oxygen atoms in total. The van der Waals surface area contributed by atoms with Crippen molar-refractivity contribution in [2.75, 3.05) is 6.54 Å². The number of thiocarbonyl (C=S) groups is 1. The smallest absolute Gasteiger partial charge is 0.258 e. The summed E-state index contributed by atoms with van der Waals surface area (Å²) in [7, 11) is 0. The Balaban J connectivity index is 3.03. The van der Waals surface area contributed by atoms with Gasteiger partial charge in [0.2, 0.25) is 0 Å². The Bertz CT molecular complexity index is 473. The van der Waals surface area contributed by atoms with Crippen molar-refractivity contribution >= 4 is 39.0 Å². The predicted molar refractivity (Wildman–Crippen MR) is 81.7 cm³/mol. The van der Waals surface area contributed by atoms with Crippen LogP contribution in [0.15, 0.2) is 22.7 Å². The molecule has 0 heterocycles. The third kappa shape index (κ3) is 4.24. The minimum Gasteiger partial charge on any atom is -0.393 e. The maximum atomic E-state index is 13.8. The van der Waals surface area contributed by atoms with Crippen LogP contribution in [0.4, 0.5) is 4.39 Å². The normalized spacial score (nSPS) is 10.6. The number of hydrogen-bond acceptors (Lipinski definition) is 2. The van der Waals surface area contributed by atoms with Crippen molar-refractivity contribution in [2.24, 2.45) is 5.73 Å². The lowest BCUT2D eigenvalue weighted by Gasteiger charge is -2.27. The van der Waals surface area contributed by atoms with Crippen LogP contribution in [0.25, 0.3) is 0 Å². The van der Waals surface area contributed by atoms with Crippen molar-refractivity contribution < 1.29 is 9.18 Å². The molecule has 0 aromatic heterocycles. The van der Waals surface area contributed by atoms with E-state index in [-0.39, 0.29) is 17.5 Å². The molecule has 1 rings (SSSR count). The van der Waals surface area contributed by atoms with Gasteiger partial charge in [0.25, 0.3) is 5.91 Å². The van der Waals surface area contributed by atoms with Gasteiger partial charge in [-0.2, -0.15) is 0 Å². The molecule has 6 heteroatoms. The van der Waals surface area contributed by atoms with Crippen molar-refractivity contribution in [1.82, 2.24) is 4.90 Å². The third-order valence-corrected chi connectivity index (χ3v) is 3.52. The average molecular weight is 347 g/mol. The zero-order valence-electron chi connectivity index (χ0n) is 10.8. The average Bonchev–Trinajstić information content (AvgIpc) is 2.27. The highest BCUT2D eigenvalue weighted by molar-refractivity contribution is 9.10. The van der Waals surface area contributed by atoms with E-state index in [4.69, 9.17) is 18.0 Å². The number of carbonyl (C=O) groups excluding carboxylic acids is 1. The first-order valence-electron chi connectivity index (χ1n) is 5.88. The molecule has 2 N–H and O–H groups in total. The van der Waals surface area contributed by atoms with Gasteiger partial charge in [-0.1, -0.05) is 18.3 Å². The second-order valence-electron chi connectivity index (χ2n) is 4.41. The number of amides is 1. The van der Waals surface area contributed by atoms with Crippen LogP contribution < -0.4 is 5.73 Å². The Labute approximate surface area is 126 Å². The van der Waals surface area contributed by atoms with E-state index >= 15 is 0 Å². The third-order valence-electron chi connectivity index (χ3n) is 2.66. The zero-order chi connectivity index (χ0) is 14.6. The highest BCUT2D eigenvalue weighted by Gasteiger charge is 2.23. The Morgan fingerprint density at radius 3 is 2.63 bits per heavy atom. The van der Waals surface area contributed by atoms with Gasteiger partial charge in [0.05, 0.1) is 10.6 Å². The van der Waals surface area contributed by atoms with Gasteiger partial charge >= 0.3 is 0 Å². The van der Waals surface area contributed by atoms with Crippen LogP contribution in [0.3, 0.4) is 0 Å². The summed E-state index contributed by atoms with van der Waals surface area (Å²) in [4.78, 5) is 14.3. The van der Waals surface area contributed by atoms with E-state index in [9.17, 15) is 9.18 Å². The molecule has 0 aliphatic heterocycles.